The zero-order chi connectivity index (χ0) is 15.9. The minimum atomic E-state index is -4.64. The molecule has 2 aromatic heterocycles. The molecule has 0 unspecified atom stereocenters. The molecule has 22 heavy (non-hydrogen) atoms. The number of aromatic nitrogens is 4. The quantitative estimate of drug-likeness (QED) is 0.773. The van der Waals surface area contributed by atoms with E-state index in [-0.39, 0.29) is 10.0 Å². The number of nitrogens with zero attached hydrogens (tertiary/aromatic N) is 4. The third kappa shape index (κ3) is 2.74. The lowest BCUT2D eigenvalue weighted by atomic mass is 10.1. The lowest BCUT2D eigenvalue weighted by molar-refractivity contribution is -0.136. The van der Waals surface area contributed by atoms with Gasteiger partial charge in [0.05, 0.1) is 11.3 Å². The Morgan fingerprint density at radius 2 is 2.14 bits per heavy atom. The van der Waals surface area contributed by atoms with Crippen molar-refractivity contribution >= 4 is 39.5 Å². The van der Waals surface area contributed by atoms with Gasteiger partial charge in [0.1, 0.15) is 6.33 Å². The van der Waals surface area contributed by atoms with Crippen molar-refractivity contribution in [2.24, 2.45) is 0 Å². The van der Waals surface area contributed by atoms with Crippen LogP contribution in [0, 0.1) is 0 Å². The van der Waals surface area contributed by atoms with Gasteiger partial charge in [0.2, 0.25) is 9.97 Å². The average Bonchev–Trinajstić information content (AvgIpc) is 3.00. The summed E-state index contributed by atoms with van der Waals surface area (Å²) in [5, 5.41) is 13.2. The molecule has 0 bridgehead atoms. The maximum Gasteiger partial charge on any atom is 0.418 e. The highest BCUT2D eigenvalue weighted by Gasteiger charge is 2.34. The lowest BCUT2D eigenvalue weighted by Crippen LogP contribution is -2.16. The maximum absolute atomic E-state index is 13.0. The summed E-state index contributed by atoms with van der Waals surface area (Å²) >= 11 is 6.48. The highest BCUT2D eigenvalue weighted by atomic mass is 35.5. The minimum Gasteiger partial charge on any atom is -0.319 e. The van der Waals surface area contributed by atoms with E-state index in [0.29, 0.717) is 4.96 Å². The van der Waals surface area contributed by atoms with Gasteiger partial charge in [-0.3, -0.25) is 4.79 Å². The molecule has 0 saturated carbocycles. The van der Waals surface area contributed by atoms with Gasteiger partial charge in [0.15, 0.2) is 0 Å². The topological polar surface area (TPSA) is 72.2 Å². The molecule has 114 valence electrons. The third-order valence-electron chi connectivity index (χ3n) is 2.62. The normalized spacial score (nSPS) is 11.8. The fourth-order valence-corrected chi connectivity index (χ4v) is 2.57. The maximum atomic E-state index is 13.0. The van der Waals surface area contributed by atoms with Crippen LogP contribution in [-0.4, -0.2) is 25.7 Å². The molecule has 0 aliphatic carbocycles. The standard InChI is InChI=1S/C11H5ClF3N5OS/c12-5-1-2-7(6(3-5)11(13,14)15)17-8(21)9-19-20-4-16-18-10(20)22-9/h1-4H,(H,17,21). The van der Waals surface area contributed by atoms with Crippen molar-refractivity contribution in [1.29, 1.82) is 0 Å². The van der Waals surface area contributed by atoms with Crippen molar-refractivity contribution in [2.75, 3.05) is 5.32 Å². The van der Waals surface area contributed by atoms with Gasteiger partial charge < -0.3 is 5.32 Å². The monoisotopic (exact) mass is 347 g/mol. The summed E-state index contributed by atoms with van der Waals surface area (Å²) < 4.78 is 40.1. The van der Waals surface area contributed by atoms with Gasteiger partial charge in [0, 0.05) is 5.02 Å². The molecular formula is C11H5ClF3N5OS. The number of benzene rings is 1. The van der Waals surface area contributed by atoms with Crippen LogP contribution in [0.4, 0.5) is 18.9 Å². The number of hydrogen-bond donors (Lipinski definition) is 1. The summed E-state index contributed by atoms with van der Waals surface area (Å²) in [6, 6.07) is 3.09. The van der Waals surface area contributed by atoms with Gasteiger partial charge in [-0.05, 0) is 18.2 Å². The van der Waals surface area contributed by atoms with Crippen molar-refractivity contribution in [3.05, 3.63) is 40.1 Å². The van der Waals surface area contributed by atoms with Crippen molar-refractivity contribution < 1.29 is 18.0 Å². The molecular weight excluding hydrogens is 343 g/mol. The highest BCUT2D eigenvalue weighted by Crippen LogP contribution is 2.36. The van der Waals surface area contributed by atoms with Gasteiger partial charge >= 0.3 is 6.18 Å². The smallest absolute Gasteiger partial charge is 0.319 e. The number of hydrogen-bond acceptors (Lipinski definition) is 5. The van der Waals surface area contributed by atoms with E-state index in [9.17, 15) is 18.0 Å². The molecule has 6 nitrogen and oxygen atoms in total. The van der Waals surface area contributed by atoms with Crippen LogP contribution in [0.25, 0.3) is 4.96 Å². The Balaban J connectivity index is 1.92. The molecule has 0 saturated heterocycles. The second-order valence-corrected chi connectivity index (χ2v) is 5.50. The van der Waals surface area contributed by atoms with E-state index in [1.165, 1.54) is 16.9 Å². The van der Waals surface area contributed by atoms with E-state index < -0.39 is 23.3 Å². The van der Waals surface area contributed by atoms with Crippen LogP contribution in [0.2, 0.25) is 5.02 Å². The second kappa shape index (κ2) is 5.21. The van der Waals surface area contributed by atoms with Crippen molar-refractivity contribution in [3.63, 3.8) is 0 Å². The Labute approximate surface area is 129 Å². The lowest BCUT2D eigenvalue weighted by Gasteiger charge is -2.13. The summed E-state index contributed by atoms with van der Waals surface area (Å²) in [5.74, 6) is -0.775. The Bertz CT molecular complexity index is 830. The average molecular weight is 348 g/mol. The highest BCUT2D eigenvalue weighted by molar-refractivity contribution is 7.18. The fraction of sp³-hybridized carbons (Fsp3) is 0.0909. The van der Waals surface area contributed by atoms with Crippen LogP contribution in [0.15, 0.2) is 24.5 Å². The van der Waals surface area contributed by atoms with E-state index in [4.69, 9.17) is 11.6 Å². The van der Waals surface area contributed by atoms with Crippen molar-refractivity contribution in [2.45, 2.75) is 6.18 Å². The SMILES string of the molecule is O=C(Nc1ccc(Cl)cc1C(F)(F)F)c1nn2cnnc2s1. The number of halogens is 4. The predicted molar refractivity (Wildman–Crippen MR) is 73.1 cm³/mol. The molecule has 11 heteroatoms. The van der Waals surface area contributed by atoms with E-state index in [1.807, 2.05) is 0 Å². The number of amides is 1. The van der Waals surface area contributed by atoms with E-state index in [2.05, 4.69) is 20.6 Å². The molecule has 0 fully saturated rings. The van der Waals surface area contributed by atoms with Crippen LogP contribution in [-0.2, 0) is 6.18 Å². The molecule has 1 aromatic carbocycles. The Morgan fingerprint density at radius 1 is 1.36 bits per heavy atom. The molecule has 0 aliphatic rings. The van der Waals surface area contributed by atoms with Crippen molar-refractivity contribution in [1.82, 2.24) is 19.8 Å². The Morgan fingerprint density at radius 3 is 2.82 bits per heavy atom. The summed E-state index contributed by atoms with van der Waals surface area (Å²) in [7, 11) is 0. The molecule has 1 amide bonds. The Hall–Kier alpha value is -2.20. The fourth-order valence-electron chi connectivity index (χ4n) is 1.69. The molecule has 2 heterocycles. The second-order valence-electron chi connectivity index (χ2n) is 4.11. The number of nitrogens with one attached hydrogen (secondary N) is 1. The number of fused-ring (bicyclic) bond motifs is 1. The molecule has 0 aliphatic heterocycles. The van der Waals surface area contributed by atoms with Crippen LogP contribution < -0.4 is 5.32 Å². The molecule has 1 N–H and O–H groups in total. The van der Waals surface area contributed by atoms with Gasteiger partial charge in [-0.15, -0.1) is 15.3 Å². The van der Waals surface area contributed by atoms with E-state index in [1.54, 1.807) is 0 Å². The van der Waals surface area contributed by atoms with Crippen LogP contribution in [0.3, 0.4) is 0 Å². The number of carbonyl (C=O) groups is 1. The summed E-state index contributed by atoms with van der Waals surface area (Å²) in [5.41, 5.74) is -1.43. The third-order valence-corrected chi connectivity index (χ3v) is 3.76. The summed E-state index contributed by atoms with van der Waals surface area (Å²) in [4.78, 5) is 12.4. The van der Waals surface area contributed by atoms with Crippen LogP contribution in [0.5, 0.6) is 0 Å². The summed E-state index contributed by atoms with van der Waals surface area (Å²) in [6.07, 6.45) is -3.36. The number of carbonyl (C=O) groups excluding carboxylic acids is 1. The zero-order valence-electron chi connectivity index (χ0n) is 10.4. The zero-order valence-corrected chi connectivity index (χ0v) is 12.0. The number of rotatable bonds is 2. The first-order valence-corrected chi connectivity index (χ1v) is 6.89. The molecule has 3 rings (SSSR count). The first kappa shape index (κ1) is 14.7. The van der Waals surface area contributed by atoms with Crippen LogP contribution in [0.1, 0.15) is 15.4 Å². The number of anilines is 1. The Kier molecular flexibility index (Phi) is 3.49. The molecule has 0 radical (unpaired) electrons. The minimum absolute atomic E-state index is 0.0343. The predicted octanol–water partition coefficient (Wildman–Crippen LogP) is 3.11. The van der Waals surface area contributed by atoms with Crippen molar-refractivity contribution in [3.8, 4) is 0 Å². The first-order chi connectivity index (χ1) is 10.3. The summed E-state index contributed by atoms with van der Waals surface area (Å²) in [6.45, 7) is 0. The molecule has 3 aromatic rings. The molecule has 0 atom stereocenters. The molecule has 0 spiro atoms. The van der Waals surface area contributed by atoms with Gasteiger partial charge in [-0.2, -0.15) is 17.7 Å². The first-order valence-electron chi connectivity index (χ1n) is 5.69. The van der Waals surface area contributed by atoms with Gasteiger partial charge in [0.25, 0.3) is 5.91 Å². The largest absolute Gasteiger partial charge is 0.418 e. The van der Waals surface area contributed by atoms with Crippen LogP contribution >= 0.6 is 22.9 Å². The van der Waals surface area contributed by atoms with Gasteiger partial charge in [-0.1, -0.05) is 22.9 Å². The van der Waals surface area contributed by atoms with E-state index in [0.717, 1.165) is 23.5 Å². The van der Waals surface area contributed by atoms with Gasteiger partial charge in [-0.25, -0.2) is 0 Å². The van der Waals surface area contributed by atoms with E-state index >= 15 is 0 Å². The number of alkyl halides is 3.